The number of nitrogens with zero attached hydrogens (tertiary/aromatic N) is 1. The van der Waals surface area contributed by atoms with Gasteiger partial charge in [0.05, 0.1) is 0 Å². The first-order valence-corrected chi connectivity index (χ1v) is 3.85. The van der Waals surface area contributed by atoms with Crippen molar-refractivity contribution < 1.29 is 0 Å². The van der Waals surface area contributed by atoms with Gasteiger partial charge >= 0.3 is 0 Å². The van der Waals surface area contributed by atoms with E-state index >= 15 is 0 Å². The molecule has 0 aromatic rings. The number of allylic oxidation sites excluding steroid dienone is 1. The highest BCUT2D eigenvalue weighted by molar-refractivity contribution is 7.81. The summed E-state index contributed by atoms with van der Waals surface area (Å²) in [6.07, 6.45) is 0.934. The maximum absolute atomic E-state index is 4.40. The third-order valence-electron chi connectivity index (χ3n) is 1.27. The van der Waals surface area contributed by atoms with Crippen molar-refractivity contribution in [3.63, 3.8) is 0 Å². The molecule has 0 aromatic heterocycles. The van der Waals surface area contributed by atoms with Gasteiger partial charge in [0.2, 0.25) is 0 Å². The van der Waals surface area contributed by atoms with Crippen LogP contribution >= 0.6 is 12.6 Å². The number of thiol groups is 1. The summed E-state index contributed by atoms with van der Waals surface area (Å²) < 4.78 is 0.0569. The van der Waals surface area contributed by atoms with Crippen LogP contribution in [0.3, 0.4) is 0 Å². The molecule has 0 unspecified atom stereocenters. The van der Waals surface area contributed by atoms with Crippen molar-refractivity contribution in [1.82, 2.24) is 4.90 Å². The van der Waals surface area contributed by atoms with Crippen LogP contribution in [0, 0.1) is 0 Å². The van der Waals surface area contributed by atoms with E-state index in [9.17, 15) is 0 Å². The minimum atomic E-state index is 0.0569. The Morgan fingerprint density at radius 1 is 1.50 bits per heavy atom. The van der Waals surface area contributed by atoms with Crippen LogP contribution < -0.4 is 0 Å². The van der Waals surface area contributed by atoms with Crippen molar-refractivity contribution in [1.29, 1.82) is 0 Å². The van der Waals surface area contributed by atoms with E-state index < -0.39 is 0 Å². The van der Waals surface area contributed by atoms with Gasteiger partial charge in [-0.1, -0.05) is 20.4 Å². The normalized spacial score (nSPS) is 11.3. The smallest absolute Gasteiger partial charge is 0.0127 e. The van der Waals surface area contributed by atoms with Crippen LogP contribution in [0.4, 0.5) is 0 Å². The van der Waals surface area contributed by atoms with E-state index in [0.29, 0.717) is 0 Å². The average Bonchev–Trinajstić information content (AvgIpc) is 1.60. The summed E-state index contributed by atoms with van der Waals surface area (Å²) in [6.45, 7) is 8.09. The average molecular weight is 159 g/mol. The summed E-state index contributed by atoms with van der Waals surface area (Å²) in [6, 6.07) is 0. The highest BCUT2D eigenvalue weighted by atomic mass is 32.1. The molecule has 2 heteroatoms. The molecule has 0 aliphatic rings. The lowest BCUT2D eigenvalue weighted by Gasteiger charge is -2.23. The van der Waals surface area contributed by atoms with Gasteiger partial charge in [-0.15, -0.1) is 0 Å². The second-order valence-electron chi connectivity index (χ2n) is 3.45. The van der Waals surface area contributed by atoms with Crippen LogP contribution in [0.1, 0.15) is 20.3 Å². The molecule has 0 heterocycles. The number of rotatable bonds is 3. The van der Waals surface area contributed by atoms with Crippen LogP contribution in [0.5, 0.6) is 0 Å². The molecule has 0 atom stereocenters. The van der Waals surface area contributed by atoms with Gasteiger partial charge in [-0.05, 0) is 0 Å². The molecule has 0 amide bonds. The monoisotopic (exact) mass is 159 g/mol. The van der Waals surface area contributed by atoms with Crippen molar-refractivity contribution in [2.45, 2.75) is 25.0 Å². The van der Waals surface area contributed by atoms with Gasteiger partial charge in [0, 0.05) is 31.0 Å². The quantitative estimate of drug-likeness (QED) is 0.618. The molecule has 0 radical (unpaired) electrons. The second-order valence-corrected chi connectivity index (χ2v) is 4.66. The Balaban J connectivity index is 3.81. The Bertz CT molecular complexity index is 122. The van der Waals surface area contributed by atoms with Crippen molar-refractivity contribution in [3.05, 3.63) is 12.3 Å². The highest BCUT2D eigenvalue weighted by Crippen LogP contribution is 2.21. The molecule has 1 nitrogen and oxygen atoms in total. The lowest BCUT2D eigenvalue weighted by Crippen LogP contribution is -2.19. The third-order valence-corrected chi connectivity index (χ3v) is 1.43. The molecule has 0 aliphatic carbocycles. The Kier molecular flexibility index (Phi) is 3.29. The van der Waals surface area contributed by atoms with Gasteiger partial charge in [0.25, 0.3) is 0 Å². The van der Waals surface area contributed by atoms with Gasteiger partial charge < -0.3 is 4.90 Å². The molecule has 10 heavy (non-hydrogen) atoms. The minimum absolute atomic E-state index is 0.0569. The number of hydrogen-bond donors (Lipinski definition) is 1. The van der Waals surface area contributed by atoms with E-state index in [4.69, 9.17) is 0 Å². The van der Waals surface area contributed by atoms with Crippen LogP contribution in [-0.4, -0.2) is 23.7 Å². The molecular formula is C8H17NS. The maximum atomic E-state index is 4.40. The first-order valence-electron chi connectivity index (χ1n) is 3.40. The van der Waals surface area contributed by atoms with Crippen molar-refractivity contribution in [3.8, 4) is 0 Å². The van der Waals surface area contributed by atoms with Gasteiger partial charge in [-0.2, -0.15) is 12.6 Å². The SMILES string of the molecule is C=C(CC(C)(C)S)N(C)C. The van der Waals surface area contributed by atoms with E-state index in [2.05, 4.69) is 33.1 Å². The molecule has 0 saturated carbocycles. The van der Waals surface area contributed by atoms with Crippen LogP contribution in [0.15, 0.2) is 12.3 Å². The molecule has 0 spiro atoms. The van der Waals surface area contributed by atoms with Crippen LogP contribution in [-0.2, 0) is 0 Å². The predicted octanol–water partition coefficient (Wildman–Crippen LogP) is 2.16. The molecule has 0 aliphatic heterocycles. The Hall–Kier alpha value is -0.110. The van der Waals surface area contributed by atoms with E-state index in [-0.39, 0.29) is 4.75 Å². The van der Waals surface area contributed by atoms with Gasteiger partial charge in [0.1, 0.15) is 0 Å². The maximum Gasteiger partial charge on any atom is 0.0127 e. The van der Waals surface area contributed by atoms with Crippen LogP contribution in [0.25, 0.3) is 0 Å². The molecule has 0 saturated heterocycles. The number of hydrogen-bond acceptors (Lipinski definition) is 2. The fraction of sp³-hybridized carbons (Fsp3) is 0.750. The zero-order valence-electron chi connectivity index (χ0n) is 7.31. The fourth-order valence-electron chi connectivity index (χ4n) is 0.657. The first-order chi connectivity index (χ1) is 4.33. The molecule has 0 fully saturated rings. The summed E-state index contributed by atoms with van der Waals surface area (Å²) in [4.78, 5) is 2.03. The summed E-state index contributed by atoms with van der Waals surface area (Å²) in [7, 11) is 4.00. The summed E-state index contributed by atoms with van der Waals surface area (Å²) >= 11 is 4.40. The highest BCUT2D eigenvalue weighted by Gasteiger charge is 2.13. The lowest BCUT2D eigenvalue weighted by atomic mass is 10.1. The molecule has 0 N–H and O–H groups in total. The van der Waals surface area contributed by atoms with Crippen molar-refractivity contribution in [2.75, 3.05) is 14.1 Å². The van der Waals surface area contributed by atoms with Crippen molar-refractivity contribution in [2.24, 2.45) is 0 Å². The molecule has 0 aromatic carbocycles. The zero-order valence-corrected chi connectivity index (χ0v) is 8.20. The minimum Gasteiger partial charge on any atom is -0.381 e. The van der Waals surface area contributed by atoms with E-state index in [1.54, 1.807) is 0 Å². The van der Waals surface area contributed by atoms with Gasteiger partial charge in [0.15, 0.2) is 0 Å². The zero-order chi connectivity index (χ0) is 8.36. The summed E-state index contributed by atoms with van der Waals surface area (Å²) in [5.41, 5.74) is 1.13. The van der Waals surface area contributed by atoms with Gasteiger partial charge in [-0.25, -0.2) is 0 Å². The second kappa shape index (κ2) is 3.33. The topological polar surface area (TPSA) is 3.24 Å². The predicted molar refractivity (Wildman–Crippen MR) is 50.5 cm³/mol. The standard InChI is InChI=1S/C8H17NS/c1-7(9(4)5)6-8(2,3)10/h10H,1,6H2,2-5H3. The van der Waals surface area contributed by atoms with Gasteiger partial charge in [-0.3, -0.25) is 0 Å². The lowest BCUT2D eigenvalue weighted by molar-refractivity contribution is 0.469. The van der Waals surface area contributed by atoms with Crippen molar-refractivity contribution >= 4 is 12.6 Å². The van der Waals surface area contributed by atoms with E-state index in [1.165, 1.54) is 0 Å². The molecular weight excluding hydrogens is 142 g/mol. The largest absolute Gasteiger partial charge is 0.381 e. The molecule has 0 bridgehead atoms. The Morgan fingerprint density at radius 3 is 2.00 bits per heavy atom. The Morgan fingerprint density at radius 2 is 1.90 bits per heavy atom. The first kappa shape index (κ1) is 9.89. The summed E-state index contributed by atoms with van der Waals surface area (Å²) in [5.74, 6) is 0. The fourth-order valence-corrected chi connectivity index (χ4v) is 0.840. The third kappa shape index (κ3) is 4.74. The summed E-state index contributed by atoms with van der Waals surface area (Å²) in [5, 5.41) is 0. The molecule has 0 rings (SSSR count). The van der Waals surface area contributed by atoms with Crippen LogP contribution in [0.2, 0.25) is 0 Å². The van der Waals surface area contributed by atoms with E-state index in [1.807, 2.05) is 19.0 Å². The van der Waals surface area contributed by atoms with E-state index in [0.717, 1.165) is 12.1 Å². The molecule has 60 valence electrons. The Labute approximate surface area is 69.5 Å².